The fourth-order valence-electron chi connectivity index (χ4n) is 1.69. The molecule has 0 saturated carbocycles. The fraction of sp³-hybridized carbons (Fsp3) is 0.154. The number of benzene rings is 1. The zero-order valence-electron chi connectivity index (χ0n) is 10.5. The lowest BCUT2D eigenvalue weighted by molar-refractivity contribution is 0.566. The lowest BCUT2D eigenvalue weighted by Crippen LogP contribution is -2.27. The van der Waals surface area contributed by atoms with Crippen molar-refractivity contribution in [1.29, 1.82) is 0 Å². The van der Waals surface area contributed by atoms with Gasteiger partial charge in [0.1, 0.15) is 10.0 Å². The number of nitrogens with zero attached hydrogens (tertiary/aromatic N) is 1. The average molecular weight is 376 g/mol. The van der Waals surface area contributed by atoms with E-state index < -0.39 is 10.0 Å². The molecule has 1 aromatic carbocycles. The van der Waals surface area contributed by atoms with E-state index in [0.717, 1.165) is 10.0 Å². The normalized spacial score (nSPS) is 13.2. The highest BCUT2D eigenvalue weighted by Gasteiger charge is 2.21. The predicted octanol–water partition coefficient (Wildman–Crippen LogP) is 3.54. The van der Waals surface area contributed by atoms with Crippen LogP contribution < -0.4 is 4.72 Å². The first-order valence-electron chi connectivity index (χ1n) is 5.78. The number of aromatic nitrogens is 1. The molecule has 2 rings (SSSR count). The molecule has 0 aliphatic heterocycles. The molecule has 0 bridgehead atoms. The Hall–Kier alpha value is -0.950. The fourth-order valence-corrected chi connectivity index (χ4v) is 3.64. The summed E-state index contributed by atoms with van der Waals surface area (Å²) in [6, 6.07) is 10.00. The molecular formula is C13H12BrClN2O2S. The van der Waals surface area contributed by atoms with Gasteiger partial charge in [0.25, 0.3) is 0 Å². The molecular weight excluding hydrogens is 364 g/mol. The molecule has 0 fully saturated rings. The Kier molecular flexibility index (Phi) is 4.80. The maximum Gasteiger partial charge on any atom is 0.244 e. The number of hydrogen-bond acceptors (Lipinski definition) is 3. The van der Waals surface area contributed by atoms with Crippen molar-refractivity contribution in [3.63, 3.8) is 0 Å². The largest absolute Gasteiger partial charge is 0.244 e. The number of rotatable bonds is 4. The molecule has 0 radical (unpaired) electrons. The minimum Gasteiger partial charge on any atom is -0.243 e. The van der Waals surface area contributed by atoms with Gasteiger partial charge in [0, 0.05) is 16.7 Å². The first-order chi connectivity index (χ1) is 9.40. The topological polar surface area (TPSA) is 59.1 Å². The highest BCUT2D eigenvalue weighted by atomic mass is 79.9. The van der Waals surface area contributed by atoms with E-state index >= 15 is 0 Å². The Morgan fingerprint density at radius 3 is 2.50 bits per heavy atom. The molecule has 0 aliphatic carbocycles. The van der Waals surface area contributed by atoms with Crippen molar-refractivity contribution < 1.29 is 8.42 Å². The van der Waals surface area contributed by atoms with E-state index in [2.05, 4.69) is 25.6 Å². The van der Waals surface area contributed by atoms with Crippen LogP contribution in [0.25, 0.3) is 0 Å². The van der Waals surface area contributed by atoms with E-state index in [1.165, 1.54) is 18.3 Å². The summed E-state index contributed by atoms with van der Waals surface area (Å²) < 4.78 is 28.0. The summed E-state index contributed by atoms with van der Waals surface area (Å²) in [6.07, 6.45) is 1.44. The van der Waals surface area contributed by atoms with Crippen molar-refractivity contribution in [2.75, 3.05) is 0 Å². The average Bonchev–Trinajstić information content (AvgIpc) is 2.39. The van der Waals surface area contributed by atoms with Crippen LogP contribution in [0.3, 0.4) is 0 Å². The second kappa shape index (κ2) is 6.22. The van der Waals surface area contributed by atoms with Gasteiger partial charge in [-0.2, -0.15) is 0 Å². The summed E-state index contributed by atoms with van der Waals surface area (Å²) in [5.41, 5.74) is 0.858. The maximum absolute atomic E-state index is 12.3. The molecule has 0 amide bonds. The summed E-state index contributed by atoms with van der Waals surface area (Å²) in [5, 5.41) is -0.0389. The molecule has 7 heteroatoms. The molecule has 1 aromatic heterocycles. The Bertz CT molecular complexity index is 705. The summed E-state index contributed by atoms with van der Waals surface area (Å²) in [7, 11) is -3.70. The van der Waals surface area contributed by atoms with Crippen LogP contribution in [0.4, 0.5) is 0 Å². The van der Waals surface area contributed by atoms with Gasteiger partial charge in [0.05, 0.1) is 0 Å². The van der Waals surface area contributed by atoms with Gasteiger partial charge < -0.3 is 0 Å². The minimum atomic E-state index is -3.70. The standard InChI is InChI=1S/C13H12BrClN2O2S/c1-9(10-4-6-11(14)7-5-10)17-20(18,19)12-3-2-8-16-13(12)15/h2-9,17H,1H3/t9-/m1/s1. The summed E-state index contributed by atoms with van der Waals surface area (Å²) in [4.78, 5) is 3.75. The second-order valence-corrected chi connectivity index (χ2v) is 7.14. The SMILES string of the molecule is C[C@@H](NS(=O)(=O)c1cccnc1Cl)c1ccc(Br)cc1. The Morgan fingerprint density at radius 1 is 1.25 bits per heavy atom. The number of sulfonamides is 1. The van der Waals surface area contributed by atoms with Gasteiger partial charge in [-0.3, -0.25) is 0 Å². The van der Waals surface area contributed by atoms with Gasteiger partial charge in [0.15, 0.2) is 0 Å². The van der Waals surface area contributed by atoms with Crippen LogP contribution in [-0.4, -0.2) is 13.4 Å². The van der Waals surface area contributed by atoms with Crippen molar-refractivity contribution >= 4 is 37.6 Å². The van der Waals surface area contributed by atoms with Crippen molar-refractivity contribution in [1.82, 2.24) is 9.71 Å². The van der Waals surface area contributed by atoms with E-state index in [-0.39, 0.29) is 16.1 Å². The number of hydrogen-bond donors (Lipinski definition) is 1. The van der Waals surface area contributed by atoms with Gasteiger partial charge in [-0.15, -0.1) is 0 Å². The quantitative estimate of drug-likeness (QED) is 0.832. The summed E-state index contributed by atoms with van der Waals surface area (Å²) in [6.45, 7) is 1.77. The van der Waals surface area contributed by atoms with Crippen LogP contribution in [0.5, 0.6) is 0 Å². The minimum absolute atomic E-state index is 0.0226. The number of pyridine rings is 1. The molecule has 1 N–H and O–H groups in total. The Morgan fingerprint density at radius 2 is 1.90 bits per heavy atom. The third kappa shape index (κ3) is 3.58. The lowest BCUT2D eigenvalue weighted by Gasteiger charge is -2.15. The molecule has 0 aliphatic rings. The van der Waals surface area contributed by atoms with Gasteiger partial charge in [-0.25, -0.2) is 18.1 Å². The van der Waals surface area contributed by atoms with Gasteiger partial charge in [0.2, 0.25) is 10.0 Å². The molecule has 1 heterocycles. The van der Waals surface area contributed by atoms with Crippen LogP contribution in [0.1, 0.15) is 18.5 Å². The van der Waals surface area contributed by atoms with Crippen LogP contribution in [-0.2, 0) is 10.0 Å². The molecule has 2 aromatic rings. The van der Waals surface area contributed by atoms with E-state index in [4.69, 9.17) is 11.6 Å². The van der Waals surface area contributed by atoms with Gasteiger partial charge in [-0.1, -0.05) is 39.7 Å². The van der Waals surface area contributed by atoms with Crippen molar-refractivity contribution in [3.05, 3.63) is 57.8 Å². The van der Waals surface area contributed by atoms with Crippen LogP contribution >= 0.6 is 27.5 Å². The molecule has 0 saturated heterocycles. The first kappa shape index (κ1) is 15.4. The first-order valence-corrected chi connectivity index (χ1v) is 8.44. The molecule has 20 heavy (non-hydrogen) atoms. The van der Waals surface area contributed by atoms with Crippen LogP contribution in [0.2, 0.25) is 5.15 Å². The molecule has 1 atom stereocenters. The van der Waals surface area contributed by atoms with E-state index in [1.807, 2.05) is 24.3 Å². The lowest BCUT2D eigenvalue weighted by atomic mass is 10.1. The predicted molar refractivity (Wildman–Crippen MR) is 82.1 cm³/mol. The third-order valence-electron chi connectivity index (χ3n) is 2.72. The van der Waals surface area contributed by atoms with E-state index in [0.29, 0.717) is 0 Å². The number of halogens is 2. The molecule has 0 spiro atoms. The summed E-state index contributed by atoms with van der Waals surface area (Å²) >= 11 is 9.16. The van der Waals surface area contributed by atoms with Crippen molar-refractivity contribution in [2.45, 2.75) is 17.9 Å². The van der Waals surface area contributed by atoms with E-state index in [1.54, 1.807) is 6.92 Å². The van der Waals surface area contributed by atoms with Crippen LogP contribution in [0, 0.1) is 0 Å². The van der Waals surface area contributed by atoms with Gasteiger partial charge >= 0.3 is 0 Å². The Balaban J connectivity index is 2.24. The zero-order valence-corrected chi connectivity index (χ0v) is 13.7. The van der Waals surface area contributed by atoms with Crippen molar-refractivity contribution in [3.8, 4) is 0 Å². The second-order valence-electron chi connectivity index (χ2n) is 4.19. The molecule has 106 valence electrons. The highest BCUT2D eigenvalue weighted by molar-refractivity contribution is 9.10. The maximum atomic E-state index is 12.3. The smallest absolute Gasteiger partial charge is 0.243 e. The van der Waals surface area contributed by atoms with Crippen molar-refractivity contribution in [2.24, 2.45) is 0 Å². The monoisotopic (exact) mass is 374 g/mol. The van der Waals surface area contributed by atoms with Gasteiger partial charge in [-0.05, 0) is 36.8 Å². The third-order valence-corrected chi connectivity index (χ3v) is 5.23. The zero-order chi connectivity index (χ0) is 14.8. The molecule has 0 unspecified atom stereocenters. The van der Waals surface area contributed by atoms with Crippen LogP contribution in [0.15, 0.2) is 52.0 Å². The summed E-state index contributed by atoms with van der Waals surface area (Å²) in [5.74, 6) is 0. The Labute approximate surface area is 131 Å². The molecule has 4 nitrogen and oxygen atoms in total. The highest BCUT2D eigenvalue weighted by Crippen LogP contribution is 2.22. The van der Waals surface area contributed by atoms with E-state index in [9.17, 15) is 8.42 Å². The number of nitrogens with one attached hydrogen (secondary N) is 1.